The zero-order valence-electron chi connectivity index (χ0n) is 7.15. The molecule has 74 valence electrons. The summed E-state index contributed by atoms with van der Waals surface area (Å²) < 4.78 is 38.2. The molecule has 0 aromatic heterocycles. The average Bonchev–Trinajstić information content (AvgIpc) is 2.13. The third-order valence-electron chi connectivity index (χ3n) is 1.45. The van der Waals surface area contributed by atoms with Gasteiger partial charge < -0.3 is 0 Å². The number of benzene rings is 1. The first-order chi connectivity index (χ1) is 6.65. The molecule has 0 amide bonds. The van der Waals surface area contributed by atoms with E-state index >= 15 is 0 Å². The number of thiol groups is 1. The van der Waals surface area contributed by atoms with Crippen LogP contribution in [0.1, 0.15) is 12.0 Å². The molecule has 0 N–H and O–H groups in total. The van der Waals surface area contributed by atoms with Crippen LogP contribution in [-0.4, -0.2) is 5.75 Å². The molecule has 0 spiro atoms. The lowest BCUT2D eigenvalue weighted by Gasteiger charge is -1.96. The van der Waals surface area contributed by atoms with E-state index in [4.69, 9.17) is 0 Å². The summed E-state index contributed by atoms with van der Waals surface area (Å²) in [6.45, 7) is 0. The lowest BCUT2D eigenvalue weighted by Crippen LogP contribution is -1.91. The predicted octanol–water partition coefficient (Wildman–Crippen LogP) is 2.78. The van der Waals surface area contributed by atoms with Gasteiger partial charge in [0.15, 0.2) is 11.6 Å². The molecule has 0 aliphatic rings. The molecule has 0 bridgehead atoms. The molecule has 0 saturated heterocycles. The number of hydrogen-bond donors (Lipinski definition) is 1. The lowest BCUT2D eigenvalue weighted by atomic mass is 10.2. The van der Waals surface area contributed by atoms with Crippen LogP contribution < -0.4 is 0 Å². The summed E-state index contributed by atoms with van der Waals surface area (Å²) in [6.07, 6.45) is 0.445. The highest BCUT2D eigenvalue weighted by Gasteiger charge is 2.08. The second-order valence-electron chi connectivity index (χ2n) is 2.52. The summed E-state index contributed by atoms with van der Waals surface area (Å²) in [4.78, 5) is 0. The van der Waals surface area contributed by atoms with Gasteiger partial charge in [-0.15, -0.1) is 0 Å². The summed E-state index contributed by atoms with van der Waals surface area (Å²) in [6, 6.07) is 1.35. The van der Waals surface area contributed by atoms with Crippen molar-refractivity contribution in [3.05, 3.63) is 35.1 Å². The van der Waals surface area contributed by atoms with Gasteiger partial charge in [0.05, 0.1) is 5.56 Å². The third kappa shape index (κ3) is 2.71. The molecule has 0 heterocycles. The topological polar surface area (TPSA) is 0 Å². The van der Waals surface area contributed by atoms with Crippen LogP contribution in [0.2, 0.25) is 0 Å². The Morgan fingerprint density at radius 1 is 1.21 bits per heavy atom. The van der Waals surface area contributed by atoms with Crippen LogP contribution in [0.5, 0.6) is 0 Å². The standard InChI is InChI=1S/C10H7F3S/c11-8-5-7(3-1-2-4-14)10(13)9(12)6-8/h5-6,14H,2,4H2. The maximum absolute atomic E-state index is 12.9. The van der Waals surface area contributed by atoms with E-state index in [9.17, 15) is 13.2 Å². The van der Waals surface area contributed by atoms with Crippen LogP contribution in [-0.2, 0) is 0 Å². The van der Waals surface area contributed by atoms with Gasteiger partial charge in [-0.25, -0.2) is 13.2 Å². The zero-order valence-corrected chi connectivity index (χ0v) is 8.04. The van der Waals surface area contributed by atoms with Gasteiger partial charge >= 0.3 is 0 Å². The fraction of sp³-hybridized carbons (Fsp3) is 0.200. The van der Waals surface area contributed by atoms with E-state index in [0.717, 1.165) is 6.07 Å². The molecule has 0 radical (unpaired) electrons. The van der Waals surface area contributed by atoms with Crippen molar-refractivity contribution in [1.82, 2.24) is 0 Å². The van der Waals surface area contributed by atoms with Gasteiger partial charge in [-0.3, -0.25) is 0 Å². The molecule has 0 fully saturated rings. The van der Waals surface area contributed by atoms with Gasteiger partial charge in [-0.1, -0.05) is 11.8 Å². The first kappa shape index (κ1) is 11.0. The summed E-state index contributed by atoms with van der Waals surface area (Å²) in [5.41, 5.74) is -0.260. The molecule has 0 nitrogen and oxygen atoms in total. The van der Waals surface area contributed by atoms with Crippen molar-refractivity contribution in [3.63, 3.8) is 0 Å². The van der Waals surface area contributed by atoms with Crippen molar-refractivity contribution in [2.45, 2.75) is 6.42 Å². The van der Waals surface area contributed by atoms with Gasteiger partial charge in [0, 0.05) is 18.2 Å². The van der Waals surface area contributed by atoms with Crippen LogP contribution in [0, 0.1) is 29.3 Å². The Labute approximate surface area is 85.5 Å². The molecular formula is C10H7F3S. The Morgan fingerprint density at radius 3 is 2.57 bits per heavy atom. The van der Waals surface area contributed by atoms with Gasteiger partial charge in [0.2, 0.25) is 0 Å². The summed E-state index contributed by atoms with van der Waals surface area (Å²) >= 11 is 3.89. The van der Waals surface area contributed by atoms with E-state index in [0.29, 0.717) is 18.2 Å². The van der Waals surface area contributed by atoms with Crippen LogP contribution >= 0.6 is 12.6 Å². The molecular weight excluding hydrogens is 209 g/mol. The number of halogens is 3. The normalized spacial score (nSPS) is 9.43. The van der Waals surface area contributed by atoms with Crippen LogP contribution in [0.15, 0.2) is 12.1 Å². The molecule has 0 aliphatic carbocycles. The van der Waals surface area contributed by atoms with Crippen LogP contribution in [0.3, 0.4) is 0 Å². The Kier molecular flexibility index (Phi) is 3.90. The fourth-order valence-electron chi connectivity index (χ4n) is 0.861. The minimum atomic E-state index is -1.22. The smallest absolute Gasteiger partial charge is 0.174 e. The van der Waals surface area contributed by atoms with Crippen molar-refractivity contribution in [1.29, 1.82) is 0 Å². The molecule has 0 aliphatic heterocycles. The molecule has 4 heteroatoms. The fourth-order valence-corrected chi connectivity index (χ4v) is 0.972. The Balaban J connectivity index is 3.04. The highest BCUT2D eigenvalue weighted by molar-refractivity contribution is 7.80. The van der Waals surface area contributed by atoms with Crippen LogP contribution in [0.25, 0.3) is 0 Å². The van der Waals surface area contributed by atoms with Gasteiger partial charge in [0.25, 0.3) is 0 Å². The van der Waals surface area contributed by atoms with Crippen molar-refractivity contribution in [2.75, 3.05) is 5.75 Å². The van der Waals surface area contributed by atoms with Gasteiger partial charge in [-0.05, 0) is 6.07 Å². The summed E-state index contributed by atoms with van der Waals surface area (Å²) in [5, 5.41) is 0. The first-order valence-electron chi connectivity index (χ1n) is 3.89. The predicted molar refractivity (Wildman–Crippen MR) is 51.7 cm³/mol. The molecule has 1 aromatic carbocycles. The van der Waals surface area contributed by atoms with E-state index in [1.165, 1.54) is 0 Å². The average molecular weight is 216 g/mol. The van der Waals surface area contributed by atoms with Gasteiger partial charge in [0.1, 0.15) is 5.82 Å². The largest absolute Gasteiger partial charge is 0.207 e. The molecule has 0 atom stereocenters. The highest BCUT2D eigenvalue weighted by Crippen LogP contribution is 2.12. The molecule has 0 saturated carbocycles. The lowest BCUT2D eigenvalue weighted by molar-refractivity contribution is 0.492. The minimum Gasteiger partial charge on any atom is -0.207 e. The van der Waals surface area contributed by atoms with E-state index < -0.39 is 17.5 Å². The monoisotopic (exact) mass is 216 g/mol. The maximum atomic E-state index is 12.9. The highest BCUT2D eigenvalue weighted by atomic mass is 32.1. The summed E-state index contributed by atoms with van der Waals surface area (Å²) in [5.74, 6) is 2.24. The minimum absolute atomic E-state index is 0.260. The van der Waals surface area contributed by atoms with Crippen molar-refractivity contribution in [2.24, 2.45) is 0 Å². The zero-order chi connectivity index (χ0) is 10.6. The van der Waals surface area contributed by atoms with Crippen molar-refractivity contribution >= 4 is 12.6 Å². The SMILES string of the molecule is Fc1cc(F)c(F)c(C#CCCS)c1. The summed E-state index contributed by atoms with van der Waals surface area (Å²) in [7, 11) is 0. The molecule has 0 unspecified atom stereocenters. The van der Waals surface area contributed by atoms with Gasteiger partial charge in [-0.2, -0.15) is 12.6 Å². The first-order valence-corrected chi connectivity index (χ1v) is 4.52. The van der Waals surface area contributed by atoms with E-state index in [1.807, 2.05) is 0 Å². The quantitative estimate of drug-likeness (QED) is 0.416. The molecule has 14 heavy (non-hydrogen) atoms. The maximum Gasteiger partial charge on any atom is 0.174 e. The third-order valence-corrected chi connectivity index (χ3v) is 1.68. The Hall–Kier alpha value is -1.08. The molecule has 1 aromatic rings. The Bertz CT molecular complexity index is 390. The van der Waals surface area contributed by atoms with Crippen molar-refractivity contribution in [3.8, 4) is 11.8 Å². The number of rotatable bonds is 1. The van der Waals surface area contributed by atoms with Crippen LogP contribution in [0.4, 0.5) is 13.2 Å². The second kappa shape index (κ2) is 4.97. The van der Waals surface area contributed by atoms with Crippen molar-refractivity contribution < 1.29 is 13.2 Å². The Morgan fingerprint density at radius 2 is 1.93 bits per heavy atom. The van der Waals surface area contributed by atoms with E-state index in [-0.39, 0.29) is 5.56 Å². The second-order valence-corrected chi connectivity index (χ2v) is 2.97. The van der Waals surface area contributed by atoms with E-state index in [1.54, 1.807) is 0 Å². The molecule has 1 rings (SSSR count). The number of hydrogen-bond acceptors (Lipinski definition) is 1. The van der Waals surface area contributed by atoms with E-state index in [2.05, 4.69) is 24.5 Å².